The van der Waals surface area contributed by atoms with Crippen LogP contribution in [0.25, 0.3) is 0 Å². The van der Waals surface area contributed by atoms with Crippen molar-refractivity contribution >= 4 is 23.7 Å². The van der Waals surface area contributed by atoms with Gasteiger partial charge < -0.3 is 5.32 Å². The van der Waals surface area contributed by atoms with E-state index < -0.39 is 5.12 Å². The largest absolute Gasteiger partial charge is 0.342 e. The van der Waals surface area contributed by atoms with Crippen LogP contribution in [0.5, 0.6) is 0 Å². The van der Waals surface area contributed by atoms with E-state index in [1.807, 2.05) is 13.0 Å². The lowest BCUT2D eigenvalue weighted by molar-refractivity contribution is -0.120. The minimum atomic E-state index is -0.752. The molecule has 4 nitrogen and oxygen atoms in total. The number of rotatable bonds is 3. The smallest absolute Gasteiger partial charge is 0.188 e. The number of aliphatic imine (C=N–C) groups is 1. The SMILES string of the molecule is CCC1=CC(Cl)(NC2CCC(=O)CC2)NC=N1. The second-order valence-corrected chi connectivity index (χ2v) is 5.16. The number of Topliss-reactive ketones (excluding diaryl/α,β-unsaturated/α-hetero) is 1. The third kappa shape index (κ3) is 3.30. The Hall–Kier alpha value is -0.870. The highest BCUT2D eigenvalue weighted by atomic mass is 35.5. The molecular formula is C12H18ClN3O. The number of carbonyl (C=O) groups is 1. The molecule has 1 heterocycles. The normalized spacial score (nSPS) is 30.0. The van der Waals surface area contributed by atoms with E-state index in [9.17, 15) is 4.79 Å². The van der Waals surface area contributed by atoms with Crippen LogP contribution >= 0.6 is 11.6 Å². The summed E-state index contributed by atoms with van der Waals surface area (Å²) >= 11 is 6.44. The summed E-state index contributed by atoms with van der Waals surface area (Å²) in [6.07, 6.45) is 7.43. The van der Waals surface area contributed by atoms with Gasteiger partial charge in [0, 0.05) is 24.6 Å². The zero-order valence-electron chi connectivity index (χ0n) is 10.0. The maximum atomic E-state index is 11.2. The van der Waals surface area contributed by atoms with Crippen LogP contribution in [0.4, 0.5) is 0 Å². The number of alkyl halides is 1. The van der Waals surface area contributed by atoms with Gasteiger partial charge in [0.25, 0.3) is 0 Å². The van der Waals surface area contributed by atoms with Gasteiger partial charge >= 0.3 is 0 Å². The summed E-state index contributed by atoms with van der Waals surface area (Å²) in [7, 11) is 0. The van der Waals surface area contributed by atoms with Gasteiger partial charge in [-0.2, -0.15) is 0 Å². The van der Waals surface area contributed by atoms with Gasteiger partial charge in [-0.25, -0.2) is 4.99 Å². The highest BCUT2D eigenvalue weighted by molar-refractivity contribution is 6.25. The van der Waals surface area contributed by atoms with Crippen LogP contribution < -0.4 is 10.6 Å². The molecule has 0 aromatic rings. The number of nitrogens with zero attached hydrogens (tertiary/aromatic N) is 1. The van der Waals surface area contributed by atoms with Crippen molar-refractivity contribution < 1.29 is 4.79 Å². The van der Waals surface area contributed by atoms with Crippen LogP contribution in [0.15, 0.2) is 16.8 Å². The molecule has 2 N–H and O–H groups in total. The summed E-state index contributed by atoms with van der Waals surface area (Å²) in [5.41, 5.74) is 0.970. The monoisotopic (exact) mass is 255 g/mol. The molecular weight excluding hydrogens is 238 g/mol. The van der Waals surface area contributed by atoms with Crippen molar-refractivity contribution in [3.05, 3.63) is 11.8 Å². The molecule has 0 spiro atoms. The molecule has 0 aromatic heterocycles. The molecule has 1 aliphatic carbocycles. The van der Waals surface area contributed by atoms with Crippen LogP contribution in [0, 0.1) is 0 Å². The van der Waals surface area contributed by atoms with E-state index in [-0.39, 0.29) is 0 Å². The zero-order valence-corrected chi connectivity index (χ0v) is 10.8. The van der Waals surface area contributed by atoms with Gasteiger partial charge in [-0.05, 0) is 25.3 Å². The van der Waals surface area contributed by atoms with Crippen LogP contribution in [-0.2, 0) is 4.79 Å². The van der Waals surface area contributed by atoms with Crippen molar-refractivity contribution in [1.82, 2.24) is 10.6 Å². The van der Waals surface area contributed by atoms with Crippen molar-refractivity contribution in [1.29, 1.82) is 0 Å². The molecule has 0 radical (unpaired) electrons. The fourth-order valence-corrected chi connectivity index (χ4v) is 2.50. The third-order valence-corrected chi connectivity index (χ3v) is 3.52. The average Bonchev–Trinajstić information content (AvgIpc) is 2.32. The average molecular weight is 256 g/mol. The van der Waals surface area contributed by atoms with Gasteiger partial charge in [0.15, 0.2) is 5.12 Å². The van der Waals surface area contributed by atoms with Gasteiger partial charge in [-0.3, -0.25) is 10.1 Å². The first-order valence-electron chi connectivity index (χ1n) is 6.11. The number of carbonyl (C=O) groups excluding carboxylic acids is 1. The highest BCUT2D eigenvalue weighted by Gasteiger charge is 2.30. The molecule has 0 amide bonds. The first-order valence-corrected chi connectivity index (χ1v) is 6.49. The third-order valence-electron chi connectivity index (χ3n) is 3.19. The molecule has 1 fully saturated rings. The van der Waals surface area contributed by atoms with Crippen molar-refractivity contribution in [2.24, 2.45) is 4.99 Å². The van der Waals surface area contributed by atoms with Gasteiger partial charge in [0.2, 0.25) is 0 Å². The Bertz CT molecular complexity index is 357. The summed E-state index contributed by atoms with van der Waals surface area (Å²) in [6.45, 7) is 2.05. The van der Waals surface area contributed by atoms with E-state index in [0.29, 0.717) is 24.7 Å². The van der Waals surface area contributed by atoms with E-state index in [2.05, 4.69) is 15.6 Å². The van der Waals surface area contributed by atoms with Crippen LogP contribution in [0.1, 0.15) is 39.0 Å². The quantitative estimate of drug-likeness (QED) is 0.598. The second-order valence-electron chi connectivity index (χ2n) is 4.56. The van der Waals surface area contributed by atoms with Crippen molar-refractivity contribution in [2.45, 2.75) is 50.2 Å². The molecule has 17 heavy (non-hydrogen) atoms. The van der Waals surface area contributed by atoms with Crippen LogP contribution in [0.2, 0.25) is 0 Å². The predicted molar refractivity (Wildman–Crippen MR) is 69.0 cm³/mol. The lowest BCUT2D eigenvalue weighted by Crippen LogP contribution is -2.56. The lowest BCUT2D eigenvalue weighted by atomic mass is 9.94. The lowest BCUT2D eigenvalue weighted by Gasteiger charge is -2.34. The number of ketones is 1. The molecule has 0 bridgehead atoms. The Morgan fingerprint density at radius 1 is 1.59 bits per heavy atom. The maximum absolute atomic E-state index is 11.2. The standard InChI is InChI=1S/C12H18ClN3O/c1-2-9-7-12(13,15-8-14-9)16-10-3-5-11(17)6-4-10/h7-8,10,16H,2-6H2,1H3,(H,14,15). The van der Waals surface area contributed by atoms with Crippen LogP contribution in [0.3, 0.4) is 0 Å². The number of hydrogen-bond acceptors (Lipinski definition) is 4. The summed E-state index contributed by atoms with van der Waals surface area (Å²) in [6, 6.07) is 0.290. The van der Waals surface area contributed by atoms with E-state index >= 15 is 0 Å². The Kier molecular flexibility index (Phi) is 3.84. The van der Waals surface area contributed by atoms with E-state index in [0.717, 1.165) is 25.0 Å². The Labute approximate surface area is 107 Å². The second kappa shape index (κ2) is 5.19. The Morgan fingerprint density at radius 2 is 2.29 bits per heavy atom. The van der Waals surface area contributed by atoms with Gasteiger partial charge in [-0.15, -0.1) is 0 Å². The van der Waals surface area contributed by atoms with Gasteiger partial charge in [0.05, 0.1) is 6.34 Å². The maximum Gasteiger partial charge on any atom is 0.188 e. The topological polar surface area (TPSA) is 53.5 Å². The minimum absolute atomic E-state index is 0.290. The molecule has 1 aliphatic heterocycles. The number of allylic oxidation sites excluding steroid dienone is 1. The highest BCUT2D eigenvalue weighted by Crippen LogP contribution is 2.22. The van der Waals surface area contributed by atoms with Gasteiger partial charge in [0.1, 0.15) is 5.78 Å². The number of halogens is 1. The van der Waals surface area contributed by atoms with Crippen LogP contribution in [-0.4, -0.2) is 23.3 Å². The van der Waals surface area contributed by atoms with Crippen molar-refractivity contribution in [2.75, 3.05) is 0 Å². The van der Waals surface area contributed by atoms with E-state index in [1.54, 1.807) is 6.34 Å². The minimum Gasteiger partial charge on any atom is -0.342 e. The molecule has 94 valence electrons. The summed E-state index contributed by atoms with van der Waals surface area (Å²) in [5.74, 6) is 0.356. The van der Waals surface area contributed by atoms with E-state index in [4.69, 9.17) is 11.6 Å². The summed E-state index contributed by atoms with van der Waals surface area (Å²) < 4.78 is 0. The van der Waals surface area contributed by atoms with Crippen molar-refractivity contribution in [3.8, 4) is 0 Å². The molecule has 1 unspecified atom stereocenters. The fraction of sp³-hybridized carbons (Fsp3) is 0.667. The number of hydrogen-bond donors (Lipinski definition) is 2. The first kappa shape index (κ1) is 12.6. The Balaban J connectivity index is 1.96. The summed E-state index contributed by atoms with van der Waals surface area (Å²) in [5, 5.41) is 5.62. The molecule has 2 rings (SSSR count). The van der Waals surface area contributed by atoms with E-state index in [1.165, 1.54) is 0 Å². The zero-order chi connectivity index (χ0) is 12.3. The molecule has 0 aromatic carbocycles. The molecule has 1 saturated carbocycles. The Morgan fingerprint density at radius 3 is 2.94 bits per heavy atom. The number of nitrogens with one attached hydrogen (secondary N) is 2. The fourth-order valence-electron chi connectivity index (χ4n) is 2.18. The molecule has 0 saturated heterocycles. The first-order chi connectivity index (χ1) is 8.11. The predicted octanol–water partition coefficient (Wildman–Crippen LogP) is 1.91. The molecule has 2 aliphatic rings. The van der Waals surface area contributed by atoms with Crippen molar-refractivity contribution in [3.63, 3.8) is 0 Å². The van der Waals surface area contributed by atoms with Gasteiger partial charge in [-0.1, -0.05) is 18.5 Å². The summed E-state index contributed by atoms with van der Waals surface area (Å²) in [4.78, 5) is 15.4. The molecule has 1 atom stereocenters. The molecule has 5 heteroatoms.